The van der Waals surface area contributed by atoms with Gasteiger partial charge in [-0.2, -0.15) is 0 Å². The predicted octanol–water partition coefficient (Wildman–Crippen LogP) is 4.03. The Labute approximate surface area is 132 Å². The molecule has 0 aliphatic rings. The molecule has 0 aliphatic carbocycles. The zero-order valence-corrected chi connectivity index (χ0v) is 13.7. The lowest BCUT2D eigenvalue weighted by Gasteiger charge is -2.13. The van der Waals surface area contributed by atoms with E-state index in [4.69, 9.17) is 9.47 Å². The molecule has 1 amide bonds. The molecule has 0 saturated carbocycles. The smallest absolute Gasteiger partial charge is 0.259 e. The van der Waals surface area contributed by atoms with Gasteiger partial charge in [-0.05, 0) is 42.8 Å². The van der Waals surface area contributed by atoms with E-state index in [-0.39, 0.29) is 5.91 Å². The van der Waals surface area contributed by atoms with Crippen LogP contribution in [0.4, 0.5) is 5.69 Å². The topological polar surface area (TPSA) is 47.6 Å². The Kier molecular flexibility index (Phi) is 4.85. The van der Waals surface area contributed by atoms with Crippen LogP contribution in [0.25, 0.3) is 0 Å². The van der Waals surface area contributed by atoms with Crippen LogP contribution in [-0.4, -0.2) is 20.1 Å². The Morgan fingerprint density at radius 1 is 1.05 bits per heavy atom. The highest BCUT2D eigenvalue weighted by atomic mass is 79.9. The molecule has 2 aromatic rings. The molecule has 0 heterocycles. The Bertz CT molecular complexity index is 671. The molecule has 0 radical (unpaired) electrons. The lowest BCUT2D eigenvalue weighted by atomic mass is 10.1. The van der Waals surface area contributed by atoms with Gasteiger partial charge in [0, 0.05) is 4.47 Å². The molecule has 110 valence electrons. The van der Waals surface area contributed by atoms with Gasteiger partial charge in [-0.25, -0.2) is 0 Å². The average Bonchev–Trinajstić information content (AvgIpc) is 2.47. The van der Waals surface area contributed by atoms with Crippen LogP contribution in [0.15, 0.2) is 40.9 Å². The van der Waals surface area contributed by atoms with Gasteiger partial charge in [-0.3, -0.25) is 4.79 Å². The van der Waals surface area contributed by atoms with Crippen LogP contribution in [0.3, 0.4) is 0 Å². The van der Waals surface area contributed by atoms with Gasteiger partial charge in [-0.1, -0.05) is 22.0 Å². The van der Waals surface area contributed by atoms with Crippen LogP contribution >= 0.6 is 15.9 Å². The predicted molar refractivity (Wildman–Crippen MR) is 86.4 cm³/mol. The van der Waals surface area contributed by atoms with Crippen LogP contribution in [-0.2, 0) is 0 Å². The molecule has 21 heavy (non-hydrogen) atoms. The van der Waals surface area contributed by atoms with Crippen molar-refractivity contribution in [2.75, 3.05) is 19.5 Å². The van der Waals surface area contributed by atoms with Crippen molar-refractivity contribution in [2.24, 2.45) is 0 Å². The fourth-order valence-corrected chi connectivity index (χ4v) is 2.33. The lowest BCUT2D eigenvalue weighted by molar-refractivity contribution is 0.102. The minimum atomic E-state index is -0.253. The number of rotatable bonds is 4. The maximum atomic E-state index is 12.5. The first-order chi connectivity index (χ1) is 10.0. The second kappa shape index (κ2) is 6.63. The molecular weight excluding hydrogens is 334 g/mol. The molecule has 2 aromatic carbocycles. The number of hydrogen-bond acceptors (Lipinski definition) is 3. The van der Waals surface area contributed by atoms with Gasteiger partial charge in [0.25, 0.3) is 5.91 Å². The monoisotopic (exact) mass is 349 g/mol. The summed E-state index contributed by atoms with van der Waals surface area (Å²) in [6.07, 6.45) is 0. The van der Waals surface area contributed by atoms with E-state index in [1.165, 1.54) is 7.11 Å². The molecule has 0 spiro atoms. The maximum absolute atomic E-state index is 12.5. The highest BCUT2D eigenvalue weighted by Crippen LogP contribution is 2.28. The quantitative estimate of drug-likeness (QED) is 0.906. The zero-order valence-electron chi connectivity index (χ0n) is 12.1. The van der Waals surface area contributed by atoms with Crippen molar-refractivity contribution in [1.82, 2.24) is 0 Å². The second-order valence-corrected chi connectivity index (χ2v) is 5.42. The van der Waals surface area contributed by atoms with Crippen LogP contribution in [0.1, 0.15) is 15.9 Å². The number of anilines is 1. The van der Waals surface area contributed by atoms with E-state index >= 15 is 0 Å². The summed E-state index contributed by atoms with van der Waals surface area (Å²) < 4.78 is 11.3. The summed E-state index contributed by atoms with van der Waals surface area (Å²) in [6.45, 7) is 1.95. The first-order valence-electron chi connectivity index (χ1n) is 6.34. The third-order valence-corrected chi connectivity index (χ3v) is 3.50. The summed E-state index contributed by atoms with van der Waals surface area (Å²) in [6, 6.07) is 10.9. The van der Waals surface area contributed by atoms with E-state index in [1.807, 2.05) is 31.2 Å². The number of hydrogen-bond donors (Lipinski definition) is 1. The van der Waals surface area contributed by atoms with Crippen molar-refractivity contribution >= 4 is 27.5 Å². The molecule has 0 aliphatic heterocycles. The Balaban J connectivity index is 2.34. The number of carbonyl (C=O) groups excluding carboxylic acids is 1. The van der Waals surface area contributed by atoms with Gasteiger partial charge in [-0.15, -0.1) is 0 Å². The SMILES string of the molecule is COc1ccc(C)cc1NC(=O)c1cc(Br)ccc1OC. The number of aryl methyl sites for hydroxylation is 1. The van der Waals surface area contributed by atoms with Crippen LogP contribution in [0, 0.1) is 6.92 Å². The molecule has 0 bridgehead atoms. The number of benzene rings is 2. The maximum Gasteiger partial charge on any atom is 0.259 e. The zero-order chi connectivity index (χ0) is 15.4. The summed E-state index contributed by atoms with van der Waals surface area (Å²) in [4.78, 5) is 12.5. The molecule has 0 saturated heterocycles. The summed E-state index contributed by atoms with van der Waals surface area (Å²) in [5.41, 5.74) is 2.12. The number of amides is 1. The molecule has 0 fully saturated rings. The average molecular weight is 350 g/mol. The third-order valence-electron chi connectivity index (χ3n) is 3.01. The Morgan fingerprint density at radius 3 is 2.38 bits per heavy atom. The van der Waals surface area contributed by atoms with Crippen molar-refractivity contribution in [2.45, 2.75) is 6.92 Å². The van der Waals surface area contributed by atoms with Gasteiger partial charge in [0.1, 0.15) is 11.5 Å². The number of ether oxygens (including phenoxy) is 2. The molecule has 0 aromatic heterocycles. The Morgan fingerprint density at radius 2 is 1.71 bits per heavy atom. The van der Waals surface area contributed by atoms with E-state index in [0.717, 1.165) is 10.0 Å². The molecule has 2 rings (SSSR count). The minimum absolute atomic E-state index is 0.253. The van der Waals surface area contributed by atoms with E-state index in [2.05, 4.69) is 21.2 Å². The fraction of sp³-hybridized carbons (Fsp3) is 0.188. The largest absolute Gasteiger partial charge is 0.496 e. The van der Waals surface area contributed by atoms with Gasteiger partial charge in [0.2, 0.25) is 0 Å². The molecule has 0 atom stereocenters. The highest BCUT2D eigenvalue weighted by Gasteiger charge is 2.15. The highest BCUT2D eigenvalue weighted by molar-refractivity contribution is 9.10. The van der Waals surface area contributed by atoms with Gasteiger partial charge < -0.3 is 14.8 Å². The molecular formula is C16H16BrNO3. The van der Waals surface area contributed by atoms with E-state index in [1.54, 1.807) is 19.2 Å². The van der Waals surface area contributed by atoms with Crippen molar-refractivity contribution in [3.8, 4) is 11.5 Å². The molecule has 1 N–H and O–H groups in total. The van der Waals surface area contributed by atoms with E-state index < -0.39 is 0 Å². The molecule has 4 nitrogen and oxygen atoms in total. The first-order valence-corrected chi connectivity index (χ1v) is 7.14. The standard InChI is InChI=1S/C16H16BrNO3/c1-10-4-6-15(21-3)13(8-10)18-16(19)12-9-11(17)5-7-14(12)20-2/h4-9H,1-3H3,(H,18,19). The summed E-state index contributed by atoms with van der Waals surface area (Å²) in [5.74, 6) is 0.877. The van der Waals surface area contributed by atoms with E-state index in [9.17, 15) is 4.79 Å². The summed E-state index contributed by atoms with van der Waals surface area (Å²) in [7, 11) is 3.10. The van der Waals surface area contributed by atoms with Gasteiger partial charge in [0.05, 0.1) is 25.5 Å². The Hall–Kier alpha value is -2.01. The number of carbonyl (C=O) groups is 1. The number of nitrogens with one attached hydrogen (secondary N) is 1. The van der Waals surface area contributed by atoms with Gasteiger partial charge >= 0.3 is 0 Å². The summed E-state index contributed by atoms with van der Waals surface area (Å²) in [5, 5.41) is 2.86. The summed E-state index contributed by atoms with van der Waals surface area (Å²) >= 11 is 3.36. The van der Waals surface area contributed by atoms with Crippen molar-refractivity contribution in [3.05, 3.63) is 52.0 Å². The van der Waals surface area contributed by atoms with Crippen molar-refractivity contribution < 1.29 is 14.3 Å². The van der Waals surface area contributed by atoms with Crippen molar-refractivity contribution in [3.63, 3.8) is 0 Å². The van der Waals surface area contributed by atoms with Crippen LogP contribution in [0.2, 0.25) is 0 Å². The number of halogens is 1. The third kappa shape index (κ3) is 3.55. The van der Waals surface area contributed by atoms with Crippen molar-refractivity contribution in [1.29, 1.82) is 0 Å². The number of methoxy groups -OCH3 is 2. The molecule has 0 unspecified atom stereocenters. The first kappa shape index (κ1) is 15.4. The molecule has 5 heteroatoms. The van der Waals surface area contributed by atoms with Crippen LogP contribution < -0.4 is 14.8 Å². The normalized spacial score (nSPS) is 10.1. The van der Waals surface area contributed by atoms with Crippen LogP contribution in [0.5, 0.6) is 11.5 Å². The van der Waals surface area contributed by atoms with E-state index in [0.29, 0.717) is 22.7 Å². The minimum Gasteiger partial charge on any atom is -0.496 e. The van der Waals surface area contributed by atoms with Gasteiger partial charge in [0.15, 0.2) is 0 Å². The fourth-order valence-electron chi connectivity index (χ4n) is 1.97. The lowest BCUT2D eigenvalue weighted by Crippen LogP contribution is -2.14. The second-order valence-electron chi connectivity index (χ2n) is 4.50.